The molecule has 3 heteroatoms. The third-order valence-corrected chi connectivity index (χ3v) is 2.89. The van der Waals surface area contributed by atoms with Gasteiger partial charge in [0, 0.05) is 6.54 Å². The highest BCUT2D eigenvalue weighted by atomic mass is 16.5. The monoisotopic (exact) mass is 205 g/mol. The average Bonchev–Trinajstić information content (AvgIpc) is 2.24. The molecule has 0 aromatic heterocycles. The summed E-state index contributed by atoms with van der Waals surface area (Å²) in [5, 5.41) is 2.81. The van der Waals surface area contributed by atoms with Gasteiger partial charge < -0.3 is 10.1 Å². The second-order valence-corrected chi connectivity index (χ2v) is 3.89. The van der Waals surface area contributed by atoms with E-state index in [0.717, 1.165) is 0 Å². The van der Waals surface area contributed by atoms with E-state index in [-0.39, 0.29) is 18.6 Å². The normalized spacial score (nSPS) is 21.2. The Bertz CT molecular complexity index is 377. The van der Waals surface area contributed by atoms with Gasteiger partial charge in [-0.2, -0.15) is 0 Å². The van der Waals surface area contributed by atoms with Gasteiger partial charge in [-0.15, -0.1) is 0 Å². The Morgan fingerprint density at radius 3 is 2.87 bits per heavy atom. The van der Waals surface area contributed by atoms with Crippen LogP contribution in [0.15, 0.2) is 18.2 Å². The number of hydrogen-bond donors (Lipinski definition) is 1. The molecule has 1 N–H and O–H groups in total. The van der Waals surface area contributed by atoms with Gasteiger partial charge in [-0.05, 0) is 30.5 Å². The second kappa shape index (κ2) is 4.03. The number of ether oxygens (including phenoxy) is 1. The fourth-order valence-electron chi connectivity index (χ4n) is 1.82. The number of amides is 1. The number of rotatable bonds is 1. The lowest BCUT2D eigenvalue weighted by atomic mass is 9.98. The average molecular weight is 205 g/mol. The Balaban J connectivity index is 2.22. The molecule has 1 heterocycles. The van der Waals surface area contributed by atoms with Gasteiger partial charge in [0.05, 0.1) is 0 Å². The molecule has 15 heavy (non-hydrogen) atoms. The first kappa shape index (κ1) is 10.2. The first-order valence-corrected chi connectivity index (χ1v) is 5.13. The molecule has 2 rings (SSSR count). The Hall–Kier alpha value is -1.35. The van der Waals surface area contributed by atoms with Crippen molar-refractivity contribution >= 4 is 5.91 Å². The van der Waals surface area contributed by atoms with E-state index in [1.165, 1.54) is 16.7 Å². The Labute approximate surface area is 89.4 Å². The molecular weight excluding hydrogens is 190 g/mol. The first-order valence-electron chi connectivity index (χ1n) is 5.13. The zero-order chi connectivity index (χ0) is 10.8. The Morgan fingerprint density at radius 2 is 2.20 bits per heavy atom. The fourth-order valence-corrected chi connectivity index (χ4v) is 1.82. The molecule has 3 nitrogen and oxygen atoms in total. The van der Waals surface area contributed by atoms with Gasteiger partial charge in [-0.3, -0.25) is 4.79 Å². The lowest BCUT2D eigenvalue weighted by Crippen LogP contribution is -2.38. The van der Waals surface area contributed by atoms with Crippen molar-refractivity contribution in [1.29, 1.82) is 0 Å². The standard InChI is InChI=1S/C12H15NO2/c1-8-4-3-5-10(9(8)2)11-6-13-12(14)7-15-11/h3-5,11H,6-7H2,1-2H3,(H,13,14)/t11-/m0/s1. The zero-order valence-corrected chi connectivity index (χ0v) is 9.04. The summed E-state index contributed by atoms with van der Waals surface area (Å²) >= 11 is 0. The van der Waals surface area contributed by atoms with Crippen LogP contribution < -0.4 is 5.32 Å². The molecule has 1 aliphatic heterocycles. The minimum atomic E-state index is -0.0310. The van der Waals surface area contributed by atoms with E-state index in [1.54, 1.807) is 0 Å². The molecule has 1 aromatic rings. The zero-order valence-electron chi connectivity index (χ0n) is 9.04. The molecule has 0 bridgehead atoms. The minimum Gasteiger partial charge on any atom is -0.362 e. The highest BCUT2D eigenvalue weighted by molar-refractivity contribution is 5.77. The smallest absolute Gasteiger partial charge is 0.246 e. The molecule has 1 amide bonds. The van der Waals surface area contributed by atoms with E-state index in [1.807, 2.05) is 6.07 Å². The van der Waals surface area contributed by atoms with Crippen molar-refractivity contribution in [2.24, 2.45) is 0 Å². The molecule has 1 fully saturated rings. The largest absolute Gasteiger partial charge is 0.362 e. The number of morpholine rings is 1. The van der Waals surface area contributed by atoms with Crippen LogP contribution in [0.25, 0.3) is 0 Å². The summed E-state index contributed by atoms with van der Waals surface area (Å²) in [5.74, 6) is -0.0310. The fraction of sp³-hybridized carbons (Fsp3) is 0.417. The highest BCUT2D eigenvalue weighted by Crippen LogP contribution is 2.24. The van der Waals surface area contributed by atoms with Crippen LogP contribution in [0.4, 0.5) is 0 Å². The SMILES string of the molecule is Cc1cccc([C@@H]2CNC(=O)CO2)c1C. The summed E-state index contributed by atoms with van der Waals surface area (Å²) in [6.45, 7) is 4.91. The lowest BCUT2D eigenvalue weighted by molar-refractivity contribution is -0.133. The van der Waals surface area contributed by atoms with Crippen molar-refractivity contribution in [3.8, 4) is 0 Å². The number of hydrogen-bond acceptors (Lipinski definition) is 2. The summed E-state index contributed by atoms with van der Waals surface area (Å²) in [6, 6.07) is 6.17. The quantitative estimate of drug-likeness (QED) is 0.754. The Morgan fingerprint density at radius 1 is 1.40 bits per heavy atom. The molecule has 1 atom stereocenters. The van der Waals surface area contributed by atoms with Crippen molar-refractivity contribution in [1.82, 2.24) is 5.32 Å². The van der Waals surface area contributed by atoms with Crippen LogP contribution in [0.1, 0.15) is 22.8 Å². The molecule has 1 saturated heterocycles. The van der Waals surface area contributed by atoms with E-state index < -0.39 is 0 Å². The molecule has 0 unspecified atom stereocenters. The van der Waals surface area contributed by atoms with Gasteiger partial charge in [0.1, 0.15) is 12.7 Å². The van der Waals surface area contributed by atoms with Gasteiger partial charge in [0.15, 0.2) is 0 Å². The van der Waals surface area contributed by atoms with Crippen LogP contribution in [0.5, 0.6) is 0 Å². The van der Waals surface area contributed by atoms with Crippen LogP contribution in [-0.4, -0.2) is 19.1 Å². The molecule has 80 valence electrons. The highest BCUT2D eigenvalue weighted by Gasteiger charge is 2.21. The summed E-state index contributed by atoms with van der Waals surface area (Å²) in [5.41, 5.74) is 3.68. The molecular formula is C12H15NO2. The van der Waals surface area contributed by atoms with E-state index >= 15 is 0 Å². The topological polar surface area (TPSA) is 38.3 Å². The van der Waals surface area contributed by atoms with Gasteiger partial charge in [0.25, 0.3) is 0 Å². The van der Waals surface area contributed by atoms with Crippen molar-refractivity contribution in [3.05, 3.63) is 34.9 Å². The maximum atomic E-state index is 11.0. The van der Waals surface area contributed by atoms with Gasteiger partial charge >= 0.3 is 0 Å². The van der Waals surface area contributed by atoms with Gasteiger partial charge in [-0.25, -0.2) is 0 Å². The van der Waals surface area contributed by atoms with Crippen LogP contribution in [0.2, 0.25) is 0 Å². The van der Waals surface area contributed by atoms with Crippen molar-refractivity contribution in [3.63, 3.8) is 0 Å². The third kappa shape index (κ3) is 2.02. The van der Waals surface area contributed by atoms with Gasteiger partial charge in [0.2, 0.25) is 5.91 Å². The lowest BCUT2D eigenvalue weighted by Gasteiger charge is -2.25. The predicted octanol–water partition coefficient (Wildman–Crippen LogP) is 1.49. The molecule has 0 radical (unpaired) electrons. The van der Waals surface area contributed by atoms with E-state index in [9.17, 15) is 4.79 Å². The number of nitrogens with one attached hydrogen (secondary N) is 1. The maximum Gasteiger partial charge on any atom is 0.246 e. The van der Waals surface area contributed by atoms with E-state index in [0.29, 0.717) is 6.54 Å². The molecule has 1 aromatic carbocycles. The maximum absolute atomic E-state index is 11.0. The van der Waals surface area contributed by atoms with E-state index in [2.05, 4.69) is 31.3 Å². The number of carbonyl (C=O) groups is 1. The van der Waals surface area contributed by atoms with Crippen molar-refractivity contribution < 1.29 is 9.53 Å². The number of aryl methyl sites for hydroxylation is 1. The van der Waals surface area contributed by atoms with Crippen LogP contribution in [-0.2, 0) is 9.53 Å². The molecule has 0 saturated carbocycles. The summed E-state index contributed by atoms with van der Waals surface area (Å²) < 4.78 is 5.50. The molecule has 0 spiro atoms. The van der Waals surface area contributed by atoms with Crippen LogP contribution >= 0.6 is 0 Å². The minimum absolute atomic E-state index is 0.00241. The van der Waals surface area contributed by atoms with Gasteiger partial charge in [-0.1, -0.05) is 18.2 Å². The van der Waals surface area contributed by atoms with Crippen molar-refractivity contribution in [2.45, 2.75) is 20.0 Å². The third-order valence-electron chi connectivity index (χ3n) is 2.89. The number of benzene rings is 1. The number of carbonyl (C=O) groups excluding carboxylic acids is 1. The van der Waals surface area contributed by atoms with Crippen LogP contribution in [0, 0.1) is 13.8 Å². The summed E-state index contributed by atoms with van der Waals surface area (Å²) in [6.07, 6.45) is 0.00241. The predicted molar refractivity (Wildman–Crippen MR) is 57.6 cm³/mol. The Kier molecular flexibility index (Phi) is 2.73. The summed E-state index contributed by atoms with van der Waals surface area (Å²) in [4.78, 5) is 11.0. The summed E-state index contributed by atoms with van der Waals surface area (Å²) in [7, 11) is 0. The second-order valence-electron chi connectivity index (χ2n) is 3.89. The van der Waals surface area contributed by atoms with Crippen molar-refractivity contribution in [2.75, 3.05) is 13.2 Å². The van der Waals surface area contributed by atoms with Crippen LogP contribution in [0.3, 0.4) is 0 Å². The molecule has 0 aliphatic carbocycles. The molecule has 1 aliphatic rings. The van der Waals surface area contributed by atoms with E-state index in [4.69, 9.17) is 4.74 Å². The first-order chi connectivity index (χ1) is 7.18.